The maximum atomic E-state index is 12.1. The average Bonchev–Trinajstić information content (AvgIpc) is 2.84. The lowest BCUT2D eigenvalue weighted by atomic mass is 10.1. The molecule has 6 nitrogen and oxygen atoms in total. The van der Waals surface area contributed by atoms with Gasteiger partial charge in [0.1, 0.15) is 5.75 Å². The summed E-state index contributed by atoms with van der Waals surface area (Å²) in [6, 6.07) is 5.04. The summed E-state index contributed by atoms with van der Waals surface area (Å²) in [5, 5.41) is 6.95. The van der Waals surface area contributed by atoms with Crippen LogP contribution in [-0.4, -0.2) is 28.8 Å². The van der Waals surface area contributed by atoms with Gasteiger partial charge in [-0.1, -0.05) is 0 Å². The molecule has 1 aromatic carbocycles. The Kier molecular flexibility index (Phi) is 4.81. The summed E-state index contributed by atoms with van der Waals surface area (Å²) in [7, 11) is 1.87. The molecule has 0 aliphatic rings. The number of rotatable bonds is 6. The van der Waals surface area contributed by atoms with Crippen LogP contribution in [0, 0.1) is 0 Å². The number of nitrogens with one attached hydrogen (secondary N) is 1. The first-order valence-electron chi connectivity index (χ1n) is 6.87. The van der Waals surface area contributed by atoms with Crippen molar-refractivity contribution in [3.63, 3.8) is 0 Å². The molecule has 1 heterocycles. The highest BCUT2D eigenvalue weighted by Crippen LogP contribution is 2.18. The molecule has 2 aromatic rings. The second-order valence-electron chi connectivity index (χ2n) is 4.75. The number of nitrogens with zero attached hydrogens (tertiary/aromatic N) is 2. The molecule has 1 amide bonds. The molecule has 21 heavy (non-hydrogen) atoms. The number of nitrogen functional groups attached to an aromatic ring is 1. The van der Waals surface area contributed by atoms with Crippen molar-refractivity contribution in [2.45, 2.75) is 13.3 Å². The number of nitrogens with two attached hydrogens (primary N) is 1. The smallest absolute Gasteiger partial charge is 0.251 e. The molecule has 112 valence electrons. The lowest BCUT2D eigenvalue weighted by Crippen LogP contribution is -2.25. The Balaban J connectivity index is 1.93. The Morgan fingerprint density at radius 1 is 1.43 bits per heavy atom. The van der Waals surface area contributed by atoms with E-state index >= 15 is 0 Å². The number of hydrogen-bond acceptors (Lipinski definition) is 4. The fourth-order valence-corrected chi connectivity index (χ4v) is 2.03. The minimum absolute atomic E-state index is 0.160. The number of ether oxygens (including phenoxy) is 1. The number of carbonyl (C=O) groups excluding carboxylic acids is 1. The molecule has 1 aromatic heterocycles. The van der Waals surface area contributed by atoms with Crippen LogP contribution in [0.2, 0.25) is 0 Å². The Bertz CT molecular complexity index is 622. The Labute approximate surface area is 123 Å². The van der Waals surface area contributed by atoms with Gasteiger partial charge in [0.05, 0.1) is 12.8 Å². The topological polar surface area (TPSA) is 82.2 Å². The summed E-state index contributed by atoms with van der Waals surface area (Å²) in [5.41, 5.74) is 7.88. The van der Waals surface area contributed by atoms with Crippen molar-refractivity contribution in [1.29, 1.82) is 0 Å². The van der Waals surface area contributed by atoms with Crippen LogP contribution in [0.15, 0.2) is 30.6 Å². The van der Waals surface area contributed by atoms with Gasteiger partial charge in [0.15, 0.2) is 0 Å². The molecule has 0 saturated carbocycles. The van der Waals surface area contributed by atoms with E-state index < -0.39 is 0 Å². The quantitative estimate of drug-likeness (QED) is 0.787. The Hall–Kier alpha value is -2.50. The van der Waals surface area contributed by atoms with Gasteiger partial charge in [-0.3, -0.25) is 9.48 Å². The summed E-state index contributed by atoms with van der Waals surface area (Å²) in [4.78, 5) is 12.1. The zero-order valence-corrected chi connectivity index (χ0v) is 12.3. The average molecular weight is 288 g/mol. The van der Waals surface area contributed by atoms with E-state index in [-0.39, 0.29) is 5.91 Å². The minimum atomic E-state index is -0.160. The lowest BCUT2D eigenvalue weighted by molar-refractivity contribution is 0.0953. The van der Waals surface area contributed by atoms with E-state index in [1.165, 1.54) is 0 Å². The van der Waals surface area contributed by atoms with Crippen LogP contribution < -0.4 is 15.8 Å². The molecule has 6 heteroatoms. The van der Waals surface area contributed by atoms with Gasteiger partial charge in [0.25, 0.3) is 5.91 Å². The van der Waals surface area contributed by atoms with Crippen molar-refractivity contribution < 1.29 is 9.53 Å². The first kappa shape index (κ1) is 14.9. The number of benzene rings is 1. The Morgan fingerprint density at radius 2 is 2.24 bits per heavy atom. The fourth-order valence-electron chi connectivity index (χ4n) is 2.03. The molecule has 0 spiro atoms. The van der Waals surface area contributed by atoms with Gasteiger partial charge in [-0.25, -0.2) is 0 Å². The van der Waals surface area contributed by atoms with Gasteiger partial charge < -0.3 is 15.8 Å². The molecular weight excluding hydrogens is 268 g/mol. The lowest BCUT2D eigenvalue weighted by Gasteiger charge is -2.08. The van der Waals surface area contributed by atoms with E-state index in [0.29, 0.717) is 30.2 Å². The van der Waals surface area contributed by atoms with Gasteiger partial charge in [0.2, 0.25) is 0 Å². The maximum absolute atomic E-state index is 12.1. The van der Waals surface area contributed by atoms with Gasteiger partial charge in [-0.2, -0.15) is 5.10 Å². The van der Waals surface area contributed by atoms with Crippen LogP contribution in [-0.2, 0) is 13.5 Å². The second kappa shape index (κ2) is 6.78. The molecule has 0 saturated heterocycles. The zero-order valence-electron chi connectivity index (χ0n) is 12.3. The van der Waals surface area contributed by atoms with Gasteiger partial charge in [0, 0.05) is 37.1 Å². The van der Waals surface area contributed by atoms with Gasteiger partial charge in [-0.05, 0) is 31.0 Å². The molecule has 0 atom stereocenters. The normalized spacial score (nSPS) is 10.4. The van der Waals surface area contributed by atoms with Crippen molar-refractivity contribution >= 4 is 11.6 Å². The van der Waals surface area contributed by atoms with E-state index in [1.54, 1.807) is 29.1 Å². The number of aryl methyl sites for hydroxylation is 1. The minimum Gasteiger partial charge on any atom is -0.494 e. The molecular formula is C15H20N4O2. The molecule has 0 fully saturated rings. The van der Waals surface area contributed by atoms with Crippen molar-refractivity contribution in [1.82, 2.24) is 15.1 Å². The molecule has 2 rings (SSSR count). The predicted octanol–water partition coefficient (Wildman–Crippen LogP) is 1.37. The summed E-state index contributed by atoms with van der Waals surface area (Å²) in [5.74, 6) is 0.446. The number of carbonyl (C=O) groups is 1. The Morgan fingerprint density at radius 3 is 2.90 bits per heavy atom. The SMILES string of the molecule is CCOc1cc(N)cc(C(=O)NCCc2cnn(C)c2)c1. The molecule has 0 aliphatic heterocycles. The third-order valence-corrected chi connectivity index (χ3v) is 2.96. The monoisotopic (exact) mass is 288 g/mol. The third kappa shape index (κ3) is 4.24. The van der Waals surface area contributed by atoms with Crippen LogP contribution >= 0.6 is 0 Å². The van der Waals surface area contributed by atoms with E-state index in [9.17, 15) is 4.79 Å². The molecule has 3 N–H and O–H groups in total. The predicted molar refractivity (Wildman–Crippen MR) is 81.3 cm³/mol. The van der Waals surface area contributed by atoms with Crippen LogP contribution in [0.3, 0.4) is 0 Å². The third-order valence-electron chi connectivity index (χ3n) is 2.96. The van der Waals surface area contributed by atoms with Gasteiger partial charge in [-0.15, -0.1) is 0 Å². The number of hydrogen-bond donors (Lipinski definition) is 2. The van der Waals surface area contributed by atoms with Gasteiger partial charge >= 0.3 is 0 Å². The summed E-state index contributed by atoms with van der Waals surface area (Å²) >= 11 is 0. The molecule has 0 unspecified atom stereocenters. The summed E-state index contributed by atoms with van der Waals surface area (Å²) in [6.07, 6.45) is 4.46. The van der Waals surface area contributed by atoms with Crippen LogP contribution in [0.1, 0.15) is 22.8 Å². The van der Waals surface area contributed by atoms with Crippen LogP contribution in [0.4, 0.5) is 5.69 Å². The largest absolute Gasteiger partial charge is 0.494 e. The zero-order chi connectivity index (χ0) is 15.2. The highest BCUT2D eigenvalue weighted by Gasteiger charge is 2.08. The molecule has 0 bridgehead atoms. The summed E-state index contributed by atoms with van der Waals surface area (Å²) < 4.78 is 7.12. The number of aromatic nitrogens is 2. The van der Waals surface area contributed by atoms with Crippen molar-refractivity contribution in [3.05, 3.63) is 41.7 Å². The van der Waals surface area contributed by atoms with E-state index in [0.717, 1.165) is 12.0 Å². The molecule has 0 radical (unpaired) electrons. The van der Waals surface area contributed by atoms with Crippen LogP contribution in [0.25, 0.3) is 0 Å². The number of amides is 1. The van der Waals surface area contributed by atoms with Crippen molar-refractivity contribution in [2.24, 2.45) is 7.05 Å². The summed E-state index contributed by atoms with van der Waals surface area (Å²) in [6.45, 7) is 2.96. The molecule has 0 aliphatic carbocycles. The highest BCUT2D eigenvalue weighted by molar-refractivity contribution is 5.95. The van der Waals surface area contributed by atoms with E-state index in [4.69, 9.17) is 10.5 Å². The maximum Gasteiger partial charge on any atom is 0.251 e. The standard InChI is InChI=1S/C15H20N4O2/c1-3-21-14-7-12(6-13(16)8-14)15(20)17-5-4-11-9-18-19(2)10-11/h6-10H,3-5,16H2,1-2H3,(H,17,20). The highest BCUT2D eigenvalue weighted by atomic mass is 16.5. The van der Waals surface area contributed by atoms with E-state index in [1.807, 2.05) is 20.2 Å². The second-order valence-corrected chi connectivity index (χ2v) is 4.75. The van der Waals surface area contributed by atoms with Crippen molar-refractivity contribution in [2.75, 3.05) is 18.9 Å². The first-order valence-corrected chi connectivity index (χ1v) is 6.87. The fraction of sp³-hybridized carbons (Fsp3) is 0.333. The van der Waals surface area contributed by atoms with Crippen molar-refractivity contribution in [3.8, 4) is 5.75 Å². The van der Waals surface area contributed by atoms with Crippen LogP contribution in [0.5, 0.6) is 5.75 Å². The van der Waals surface area contributed by atoms with E-state index in [2.05, 4.69) is 10.4 Å². The number of anilines is 1. The first-order chi connectivity index (χ1) is 10.1.